The van der Waals surface area contributed by atoms with Crippen molar-refractivity contribution in [1.82, 2.24) is 9.29 Å². The first-order valence-electron chi connectivity index (χ1n) is 11.3. The van der Waals surface area contributed by atoms with Crippen LogP contribution in [0.1, 0.15) is 41.4 Å². The zero-order chi connectivity index (χ0) is 24.3. The van der Waals surface area contributed by atoms with Crippen LogP contribution in [-0.2, 0) is 26.0 Å². The van der Waals surface area contributed by atoms with E-state index in [0.29, 0.717) is 41.7 Å². The van der Waals surface area contributed by atoms with E-state index in [9.17, 15) is 18.0 Å². The highest BCUT2D eigenvalue weighted by Gasteiger charge is 2.27. The zero-order valence-electron chi connectivity index (χ0n) is 19.2. The van der Waals surface area contributed by atoms with E-state index in [1.54, 1.807) is 0 Å². The van der Waals surface area contributed by atoms with Crippen LogP contribution < -0.4 is 5.32 Å². The number of aryl methyl sites for hydroxylation is 1. The maximum absolute atomic E-state index is 12.9. The molecule has 1 aliphatic heterocycles. The topological polar surface area (TPSA) is 106 Å². The lowest BCUT2D eigenvalue weighted by molar-refractivity contribution is -0.119. The SMILES string of the molecule is CCc1nc2ccccc2c(C(=O)OCC(=O)Nc2ccc(S(=O)(=O)N3CCCC3)cc2)c1C. The number of benzene rings is 2. The molecule has 1 fully saturated rings. The third-order valence-corrected chi connectivity index (χ3v) is 7.86. The lowest BCUT2D eigenvalue weighted by atomic mass is 10.0. The third kappa shape index (κ3) is 4.80. The second-order valence-corrected chi connectivity index (χ2v) is 10.1. The Bertz CT molecular complexity index is 1330. The summed E-state index contributed by atoms with van der Waals surface area (Å²) in [5.41, 5.74) is 3.07. The summed E-state index contributed by atoms with van der Waals surface area (Å²) >= 11 is 0. The van der Waals surface area contributed by atoms with E-state index in [4.69, 9.17) is 4.74 Å². The number of hydrogen-bond donors (Lipinski definition) is 1. The molecule has 0 bridgehead atoms. The van der Waals surface area contributed by atoms with Crippen molar-refractivity contribution in [2.75, 3.05) is 25.0 Å². The molecule has 1 saturated heterocycles. The minimum Gasteiger partial charge on any atom is -0.452 e. The number of hydrogen-bond acceptors (Lipinski definition) is 6. The first kappa shape index (κ1) is 23.8. The standard InChI is InChI=1S/C25H27N3O5S/c1-3-21-17(2)24(20-8-4-5-9-22(20)27-21)25(30)33-16-23(29)26-18-10-12-19(13-11-18)34(31,32)28-14-6-7-15-28/h4-5,8-13H,3,6-7,14-16H2,1-2H3,(H,26,29). The first-order valence-corrected chi connectivity index (χ1v) is 12.7. The third-order valence-electron chi connectivity index (χ3n) is 5.95. The van der Waals surface area contributed by atoms with Crippen LogP contribution in [0, 0.1) is 6.92 Å². The van der Waals surface area contributed by atoms with Gasteiger partial charge in [0.2, 0.25) is 10.0 Å². The molecular formula is C25H27N3O5S. The number of para-hydroxylation sites is 1. The Balaban J connectivity index is 1.42. The molecule has 1 amide bonds. The summed E-state index contributed by atoms with van der Waals surface area (Å²) < 4.78 is 32.0. The molecule has 2 aromatic carbocycles. The number of amides is 1. The van der Waals surface area contributed by atoms with E-state index in [1.165, 1.54) is 28.6 Å². The molecule has 1 N–H and O–H groups in total. The van der Waals surface area contributed by atoms with Gasteiger partial charge in [0, 0.05) is 29.9 Å². The fourth-order valence-corrected chi connectivity index (χ4v) is 5.67. The van der Waals surface area contributed by atoms with Crippen molar-refractivity contribution in [3.05, 3.63) is 65.4 Å². The van der Waals surface area contributed by atoms with Crippen LogP contribution in [-0.4, -0.2) is 49.3 Å². The van der Waals surface area contributed by atoms with Gasteiger partial charge >= 0.3 is 5.97 Å². The van der Waals surface area contributed by atoms with Crippen molar-refractivity contribution in [1.29, 1.82) is 0 Å². The lowest BCUT2D eigenvalue weighted by Gasteiger charge is -2.16. The molecule has 3 aromatic rings. The highest BCUT2D eigenvalue weighted by Crippen LogP contribution is 2.25. The molecule has 2 heterocycles. The number of rotatable bonds is 7. The normalized spacial score (nSPS) is 14.3. The molecule has 0 unspecified atom stereocenters. The van der Waals surface area contributed by atoms with Gasteiger partial charge in [-0.2, -0.15) is 4.31 Å². The van der Waals surface area contributed by atoms with Crippen molar-refractivity contribution in [2.24, 2.45) is 0 Å². The monoisotopic (exact) mass is 481 g/mol. The van der Waals surface area contributed by atoms with Crippen molar-refractivity contribution in [3.63, 3.8) is 0 Å². The predicted molar refractivity (Wildman–Crippen MR) is 129 cm³/mol. The molecule has 0 saturated carbocycles. The van der Waals surface area contributed by atoms with E-state index in [0.717, 1.165) is 24.1 Å². The highest BCUT2D eigenvalue weighted by molar-refractivity contribution is 7.89. The van der Waals surface area contributed by atoms with Gasteiger partial charge in [0.15, 0.2) is 6.61 Å². The molecule has 1 aliphatic rings. The molecule has 0 radical (unpaired) electrons. The number of ether oxygens (including phenoxy) is 1. The maximum atomic E-state index is 12.9. The molecule has 0 spiro atoms. The molecule has 4 rings (SSSR count). The smallest absolute Gasteiger partial charge is 0.339 e. The minimum absolute atomic E-state index is 0.186. The summed E-state index contributed by atoms with van der Waals surface area (Å²) in [6.45, 7) is 4.38. The lowest BCUT2D eigenvalue weighted by Crippen LogP contribution is -2.27. The van der Waals surface area contributed by atoms with Gasteiger partial charge in [-0.1, -0.05) is 25.1 Å². The number of anilines is 1. The second kappa shape index (κ2) is 9.90. The molecule has 0 atom stereocenters. The van der Waals surface area contributed by atoms with Crippen molar-refractivity contribution >= 4 is 38.5 Å². The van der Waals surface area contributed by atoms with Crippen LogP contribution in [0.4, 0.5) is 5.69 Å². The number of nitrogens with zero attached hydrogens (tertiary/aromatic N) is 2. The second-order valence-electron chi connectivity index (χ2n) is 8.19. The molecule has 9 heteroatoms. The Kier molecular flexibility index (Phi) is 6.95. The summed E-state index contributed by atoms with van der Waals surface area (Å²) in [4.78, 5) is 30.1. The average Bonchev–Trinajstić information content (AvgIpc) is 3.38. The van der Waals surface area contributed by atoms with Gasteiger partial charge in [-0.15, -0.1) is 0 Å². The van der Waals surface area contributed by atoms with Crippen molar-refractivity contribution in [2.45, 2.75) is 38.0 Å². The number of sulfonamides is 1. The molecule has 1 aromatic heterocycles. The number of carbonyl (C=O) groups is 2. The summed E-state index contributed by atoms with van der Waals surface area (Å²) in [6, 6.07) is 13.3. The maximum Gasteiger partial charge on any atom is 0.339 e. The molecule has 178 valence electrons. The number of pyridine rings is 1. The summed E-state index contributed by atoms with van der Waals surface area (Å²) in [6.07, 6.45) is 2.39. The van der Waals surface area contributed by atoms with Gasteiger partial charge in [-0.25, -0.2) is 13.2 Å². The van der Waals surface area contributed by atoms with Gasteiger partial charge in [0.1, 0.15) is 0 Å². The molecular weight excluding hydrogens is 454 g/mol. The van der Waals surface area contributed by atoms with Gasteiger partial charge in [0.05, 0.1) is 16.0 Å². The van der Waals surface area contributed by atoms with Crippen LogP contribution in [0.15, 0.2) is 53.4 Å². The first-order chi connectivity index (χ1) is 16.3. The molecule has 34 heavy (non-hydrogen) atoms. The summed E-state index contributed by atoms with van der Waals surface area (Å²) in [5, 5.41) is 3.31. The van der Waals surface area contributed by atoms with E-state index in [1.807, 2.05) is 38.1 Å². The number of nitrogens with one attached hydrogen (secondary N) is 1. The predicted octanol–water partition coefficient (Wildman–Crippen LogP) is 3.69. The average molecular weight is 482 g/mol. The van der Waals surface area contributed by atoms with Crippen LogP contribution >= 0.6 is 0 Å². The fourth-order valence-electron chi connectivity index (χ4n) is 4.15. The van der Waals surface area contributed by atoms with Crippen LogP contribution in [0.3, 0.4) is 0 Å². The number of fused-ring (bicyclic) bond motifs is 1. The van der Waals surface area contributed by atoms with Crippen molar-refractivity contribution in [3.8, 4) is 0 Å². The Hall–Kier alpha value is -3.30. The van der Waals surface area contributed by atoms with Crippen LogP contribution in [0.5, 0.6) is 0 Å². The van der Waals surface area contributed by atoms with Crippen LogP contribution in [0.2, 0.25) is 0 Å². The Morgan fingerprint density at radius 2 is 1.74 bits per heavy atom. The zero-order valence-corrected chi connectivity index (χ0v) is 20.0. The quantitative estimate of drug-likeness (QED) is 0.516. The Labute approximate surface area is 199 Å². The fraction of sp³-hybridized carbons (Fsp3) is 0.320. The number of aromatic nitrogens is 1. The molecule has 0 aliphatic carbocycles. The van der Waals surface area contributed by atoms with E-state index < -0.39 is 28.5 Å². The summed E-state index contributed by atoms with van der Waals surface area (Å²) in [7, 11) is -3.52. The van der Waals surface area contributed by atoms with E-state index in [2.05, 4.69) is 10.3 Å². The van der Waals surface area contributed by atoms with Gasteiger partial charge in [0.25, 0.3) is 5.91 Å². The number of esters is 1. The van der Waals surface area contributed by atoms with Crippen LogP contribution in [0.25, 0.3) is 10.9 Å². The van der Waals surface area contributed by atoms with Gasteiger partial charge < -0.3 is 10.1 Å². The van der Waals surface area contributed by atoms with Gasteiger partial charge in [-0.3, -0.25) is 9.78 Å². The Morgan fingerprint density at radius 1 is 1.06 bits per heavy atom. The van der Waals surface area contributed by atoms with Crippen molar-refractivity contribution < 1.29 is 22.7 Å². The largest absolute Gasteiger partial charge is 0.452 e. The van der Waals surface area contributed by atoms with Gasteiger partial charge in [-0.05, 0) is 62.1 Å². The highest BCUT2D eigenvalue weighted by atomic mass is 32.2. The van der Waals surface area contributed by atoms with E-state index in [-0.39, 0.29) is 4.90 Å². The number of carbonyl (C=O) groups excluding carboxylic acids is 2. The van der Waals surface area contributed by atoms with E-state index >= 15 is 0 Å². The Morgan fingerprint density at radius 3 is 2.41 bits per heavy atom. The minimum atomic E-state index is -3.52. The summed E-state index contributed by atoms with van der Waals surface area (Å²) in [5.74, 6) is -1.11. The molecule has 8 nitrogen and oxygen atoms in total.